The summed E-state index contributed by atoms with van der Waals surface area (Å²) in [5.74, 6) is -1.58. The highest BCUT2D eigenvalue weighted by atomic mass is 32.1. The average Bonchev–Trinajstić information content (AvgIpc) is 3.26. The van der Waals surface area contributed by atoms with Crippen molar-refractivity contribution >= 4 is 33.1 Å². The van der Waals surface area contributed by atoms with Crippen LogP contribution in [0.4, 0.5) is 14.5 Å². The zero-order valence-corrected chi connectivity index (χ0v) is 18.2. The van der Waals surface area contributed by atoms with Crippen molar-refractivity contribution in [2.75, 3.05) is 19.5 Å². The maximum Gasteiger partial charge on any atom is 0.336 e. The maximum atomic E-state index is 13.8. The van der Waals surface area contributed by atoms with Gasteiger partial charge in [0.25, 0.3) is 5.56 Å². The molecule has 1 N–H and O–H groups in total. The number of halogens is 2. The molecule has 0 saturated heterocycles. The molecule has 0 atom stereocenters. The highest BCUT2D eigenvalue weighted by Gasteiger charge is 2.19. The van der Waals surface area contributed by atoms with Crippen molar-refractivity contribution in [2.24, 2.45) is 0 Å². The number of amides is 1. The molecule has 33 heavy (non-hydrogen) atoms. The number of fused-ring (bicyclic) bond motifs is 1. The lowest BCUT2D eigenvalue weighted by Crippen LogP contribution is -2.40. The zero-order chi connectivity index (χ0) is 23.7. The molecule has 2 aromatic heterocycles. The van der Waals surface area contributed by atoms with Crippen LogP contribution < -0.4 is 26.0 Å². The van der Waals surface area contributed by atoms with Crippen LogP contribution in [-0.2, 0) is 11.3 Å². The molecule has 0 spiro atoms. The van der Waals surface area contributed by atoms with Crippen LogP contribution in [0.1, 0.15) is 0 Å². The molecule has 0 aliphatic rings. The summed E-state index contributed by atoms with van der Waals surface area (Å²) in [5, 5.41) is 4.24. The highest BCUT2D eigenvalue weighted by Crippen LogP contribution is 2.29. The molecular weight excluding hydrogens is 456 g/mol. The molecule has 4 rings (SSSR count). The van der Waals surface area contributed by atoms with Gasteiger partial charge in [-0.05, 0) is 35.7 Å². The van der Waals surface area contributed by atoms with Crippen molar-refractivity contribution in [3.8, 4) is 17.2 Å². The Hall–Kier alpha value is -3.99. The van der Waals surface area contributed by atoms with E-state index in [1.54, 1.807) is 23.6 Å². The SMILES string of the molecule is COc1ccc(NC(=O)Cn2c(=O)n(-c3cc(F)cc(F)c3)c(=O)c3sccc32)cc1OC. The third kappa shape index (κ3) is 4.22. The fraction of sp³-hybridized carbons (Fsp3) is 0.136. The highest BCUT2D eigenvalue weighted by molar-refractivity contribution is 7.17. The Morgan fingerprint density at radius 2 is 1.70 bits per heavy atom. The van der Waals surface area contributed by atoms with E-state index >= 15 is 0 Å². The molecule has 0 aliphatic heterocycles. The van der Waals surface area contributed by atoms with E-state index in [1.165, 1.54) is 20.3 Å². The fourth-order valence-corrected chi connectivity index (χ4v) is 4.22. The largest absolute Gasteiger partial charge is 0.493 e. The molecule has 2 heterocycles. The Kier molecular flexibility index (Phi) is 5.97. The first-order valence-corrected chi connectivity index (χ1v) is 10.4. The van der Waals surface area contributed by atoms with Crippen LogP contribution in [0.2, 0.25) is 0 Å². The predicted molar refractivity (Wildman–Crippen MR) is 120 cm³/mol. The first-order chi connectivity index (χ1) is 15.8. The number of carbonyl (C=O) groups is 1. The van der Waals surface area contributed by atoms with Gasteiger partial charge < -0.3 is 14.8 Å². The summed E-state index contributed by atoms with van der Waals surface area (Å²) in [6, 6.07) is 8.67. The normalized spacial score (nSPS) is 10.9. The van der Waals surface area contributed by atoms with Crippen LogP contribution in [0.3, 0.4) is 0 Å². The summed E-state index contributed by atoms with van der Waals surface area (Å²) >= 11 is 1.05. The van der Waals surface area contributed by atoms with Crippen LogP contribution in [0.25, 0.3) is 15.9 Å². The molecule has 0 aliphatic carbocycles. The molecule has 11 heteroatoms. The Morgan fingerprint density at radius 1 is 1.00 bits per heavy atom. The van der Waals surface area contributed by atoms with Crippen molar-refractivity contribution in [3.05, 3.63) is 80.3 Å². The summed E-state index contributed by atoms with van der Waals surface area (Å²) in [6.07, 6.45) is 0. The summed E-state index contributed by atoms with van der Waals surface area (Å²) in [5.41, 5.74) is -1.27. The topological polar surface area (TPSA) is 91.6 Å². The minimum Gasteiger partial charge on any atom is -0.493 e. The van der Waals surface area contributed by atoms with Gasteiger partial charge in [-0.1, -0.05) is 0 Å². The summed E-state index contributed by atoms with van der Waals surface area (Å²) in [4.78, 5) is 38.8. The van der Waals surface area contributed by atoms with Gasteiger partial charge in [0, 0.05) is 17.8 Å². The number of ether oxygens (including phenoxy) is 2. The first-order valence-electron chi connectivity index (χ1n) is 9.53. The van der Waals surface area contributed by atoms with Gasteiger partial charge in [-0.2, -0.15) is 0 Å². The minimum absolute atomic E-state index is 0.165. The van der Waals surface area contributed by atoms with E-state index in [4.69, 9.17) is 9.47 Å². The van der Waals surface area contributed by atoms with Gasteiger partial charge in [-0.3, -0.25) is 14.2 Å². The van der Waals surface area contributed by atoms with Gasteiger partial charge in [0.15, 0.2) is 11.5 Å². The molecule has 4 aromatic rings. The second-order valence-electron chi connectivity index (χ2n) is 6.89. The van der Waals surface area contributed by atoms with E-state index < -0.39 is 35.3 Å². The Labute approximate surface area is 189 Å². The number of nitrogens with one attached hydrogen (secondary N) is 1. The molecular formula is C22H17F2N3O5S. The summed E-state index contributed by atoms with van der Waals surface area (Å²) in [6.45, 7) is -0.446. The molecule has 0 saturated carbocycles. The second kappa shape index (κ2) is 8.87. The molecule has 0 unspecified atom stereocenters. The predicted octanol–water partition coefficient (Wildman–Crippen LogP) is 3.15. The van der Waals surface area contributed by atoms with Crippen LogP contribution in [-0.4, -0.2) is 29.3 Å². The third-order valence-electron chi connectivity index (χ3n) is 4.83. The maximum absolute atomic E-state index is 13.8. The number of benzene rings is 2. The van der Waals surface area contributed by atoms with Crippen molar-refractivity contribution in [3.63, 3.8) is 0 Å². The van der Waals surface area contributed by atoms with E-state index in [9.17, 15) is 23.2 Å². The van der Waals surface area contributed by atoms with Crippen molar-refractivity contribution in [1.29, 1.82) is 0 Å². The summed E-state index contributed by atoms with van der Waals surface area (Å²) in [7, 11) is 2.93. The Morgan fingerprint density at radius 3 is 2.36 bits per heavy atom. The molecule has 2 aromatic carbocycles. The van der Waals surface area contributed by atoms with Crippen molar-refractivity contribution < 1.29 is 23.0 Å². The zero-order valence-electron chi connectivity index (χ0n) is 17.4. The monoisotopic (exact) mass is 473 g/mol. The lowest BCUT2D eigenvalue weighted by molar-refractivity contribution is -0.116. The van der Waals surface area contributed by atoms with Crippen molar-refractivity contribution in [2.45, 2.75) is 6.54 Å². The number of nitrogens with zero attached hydrogens (tertiary/aromatic N) is 2. The third-order valence-corrected chi connectivity index (χ3v) is 5.72. The molecule has 0 fully saturated rings. The molecule has 8 nitrogen and oxygen atoms in total. The van der Waals surface area contributed by atoms with E-state index in [1.807, 2.05) is 0 Å². The molecule has 0 bridgehead atoms. The van der Waals surface area contributed by atoms with Gasteiger partial charge in [-0.25, -0.2) is 18.1 Å². The van der Waals surface area contributed by atoms with E-state index in [0.717, 1.165) is 28.0 Å². The van der Waals surface area contributed by atoms with Crippen LogP contribution in [0, 0.1) is 11.6 Å². The number of aromatic nitrogens is 2. The number of hydrogen-bond acceptors (Lipinski definition) is 6. The molecule has 0 radical (unpaired) electrons. The number of rotatable bonds is 6. The average molecular weight is 473 g/mol. The Balaban J connectivity index is 1.75. The van der Waals surface area contributed by atoms with Gasteiger partial charge in [0.1, 0.15) is 22.9 Å². The number of hydrogen-bond donors (Lipinski definition) is 1. The number of thiophene rings is 1. The number of carbonyl (C=O) groups excluding carboxylic acids is 1. The minimum atomic E-state index is -0.944. The van der Waals surface area contributed by atoms with E-state index in [2.05, 4.69) is 5.32 Å². The molecule has 170 valence electrons. The number of methoxy groups -OCH3 is 2. The van der Waals surface area contributed by atoms with Crippen LogP contribution in [0.15, 0.2) is 57.4 Å². The van der Waals surface area contributed by atoms with Crippen LogP contribution in [0.5, 0.6) is 11.5 Å². The lowest BCUT2D eigenvalue weighted by atomic mass is 10.2. The summed E-state index contributed by atoms with van der Waals surface area (Å²) < 4.78 is 39.8. The van der Waals surface area contributed by atoms with E-state index in [0.29, 0.717) is 27.8 Å². The van der Waals surface area contributed by atoms with Crippen molar-refractivity contribution in [1.82, 2.24) is 9.13 Å². The van der Waals surface area contributed by atoms with E-state index in [-0.39, 0.29) is 15.9 Å². The lowest BCUT2D eigenvalue weighted by Gasteiger charge is -2.13. The number of anilines is 1. The van der Waals surface area contributed by atoms with Crippen LogP contribution >= 0.6 is 11.3 Å². The molecule has 1 amide bonds. The van der Waals surface area contributed by atoms with Gasteiger partial charge in [0.05, 0.1) is 25.4 Å². The fourth-order valence-electron chi connectivity index (χ4n) is 3.39. The second-order valence-corrected chi connectivity index (χ2v) is 7.81. The Bertz CT molecular complexity index is 1470. The first kappa shape index (κ1) is 22.2. The standard InChI is InChI=1S/C22H17F2N3O5S/c1-31-17-4-3-14(10-18(17)32-2)25-19(28)11-26-16-5-6-33-20(16)21(29)27(22(26)30)15-8-12(23)7-13(24)9-15/h3-10H,11H2,1-2H3,(H,25,28). The smallest absolute Gasteiger partial charge is 0.336 e. The van der Waals surface area contributed by atoms with Gasteiger partial charge >= 0.3 is 5.69 Å². The quantitative estimate of drug-likeness (QED) is 0.465. The van der Waals surface area contributed by atoms with Gasteiger partial charge in [0.2, 0.25) is 5.91 Å². The van der Waals surface area contributed by atoms with Gasteiger partial charge in [-0.15, -0.1) is 11.3 Å².